The normalized spacial score (nSPS) is 17.5. The standard InChI is InChI=1S/C24H16N2O2/c25-17-24(22(27)19-10-3-1-4-11-19)16-15-18-9-7-8-14-21(18)26(24)23(28)20-12-5-2-6-13-20/h1-16H. The van der Waals surface area contributed by atoms with Crippen LogP contribution in [0.4, 0.5) is 5.69 Å². The Labute approximate surface area is 163 Å². The van der Waals surface area contributed by atoms with Crippen LogP contribution >= 0.6 is 0 Å². The van der Waals surface area contributed by atoms with E-state index in [1.165, 1.54) is 11.0 Å². The molecular formula is C24H16N2O2. The summed E-state index contributed by atoms with van der Waals surface area (Å²) in [5.41, 5.74) is 0.332. The van der Waals surface area contributed by atoms with Gasteiger partial charge in [0.2, 0.25) is 11.3 Å². The Kier molecular flexibility index (Phi) is 4.35. The fourth-order valence-electron chi connectivity index (χ4n) is 3.41. The lowest BCUT2D eigenvalue weighted by molar-refractivity contribution is 0.0884. The molecule has 134 valence electrons. The van der Waals surface area contributed by atoms with E-state index in [2.05, 4.69) is 6.07 Å². The molecule has 1 aliphatic heterocycles. The van der Waals surface area contributed by atoms with Crippen molar-refractivity contribution in [3.05, 3.63) is 108 Å². The van der Waals surface area contributed by atoms with Gasteiger partial charge in [0, 0.05) is 11.1 Å². The van der Waals surface area contributed by atoms with Gasteiger partial charge in [-0.2, -0.15) is 5.26 Å². The molecule has 4 nitrogen and oxygen atoms in total. The van der Waals surface area contributed by atoms with Crippen molar-refractivity contribution in [1.29, 1.82) is 5.26 Å². The molecule has 0 aromatic heterocycles. The first-order valence-corrected chi connectivity index (χ1v) is 8.86. The van der Waals surface area contributed by atoms with Gasteiger partial charge >= 0.3 is 0 Å². The number of carbonyl (C=O) groups excluding carboxylic acids is 2. The predicted molar refractivity (Wildman–Crippen MR) is 108 cm³/mol. The van der Waals surface area contributed by atoms with Crippen LogP contribution < -0.4 is 4.90 Å². The number of nitrogens with zero attached hydrogens (tertiary/aromatic N) is 2. The number of anilines is 1. The molecule has 0 bridgehead atoms. The Balaban J connectivity index is 1.93. The Bertz CT molecular complexity index is 1110. The topological polar surface area (TPSA) is 61.2 Å². The second-order valence-corrected chi connectivity index (χ2v) is 6.47. The summed E-state index contributed by atoms with van der Waals surface area (Å²) < 4.78 is 0. The minimum absolute atomic E-state index is 0.374. The summed E-state index contributed by atoms with van der Waals surface area (Å²) in [6, 6.07) is 26.6. The zero-order valence-corrected chi connectivity index (χ0v) is 14.9. The van der Waals surface area contributed by atoms with Crippen molar-refractivity contribution in [2.24, 2.45) is 0 Å². The number of carbonyl (C=O) groups is 2. The summed E-state index contributed by atoms with van der Waals surface area (Å²) in [5.74, 6) is -0.839. The molecule has 3 aromatic rings. The molecule has 0 saturated heterocycles. The van der Waals surface area contributed by atoms with Gasteiger partial charge in [0.05, 0.1) is 5.69 Å². The number of hydrogen-bond acceptors (Lipinski definition) is 3. The van der Waals surface area contributed by atoms with E-state index in [9.17, 15) is 14.9 Å². The van der Waals surface area contributed by atoms with Gasteiger partial charge in [0.15, 0.2) is 0 Å². The van der Waals surface area contributed by atoms with E-state index >= 15 is 0 Å². The smallest absolute Gasteiger partial charge is 0.260 e. The largest absolute Gasteiger partial charge is 0.290 e. The molecule has 3 aromatic carbocycles. The number of para-hydroxylation sites is 1. The van der Waals surface area contributed by atoms with Crippen molar-refractivity contribution >= 4 is 23.5 Å². The van der Waals surface area contributed by atoms with Crippen LogP contribution in [-0.2, 0) is 0 Å². The summed E-state index contributed by atoms with van der Waals surface area (Å²) >= 11 is 0. The molecule has 0 aliphatic carbocycles. The number of hydrogen-bond donors (Lipinski definition) is 0. The first-order chi connectivity index (χ1) is 13.7. The van der Waals surface area contributed by atoms with Gasteiger partial charge in [-0.3, -0.25) is 14.5 Å². The predicted octanol–water partition coefficient (Wildman–Crippen LogP) is 4.51. The second kappa shape index (κ2) is 6.98. The van der Waals surface area contributed by atoms with Crippen LogP contribution in [0.15, 0.2) is 91.0 Å². The average Bonchev–Trinajstić information content (AvgIpc) is 2.78. The fourth-order valence-corrected chi connectivity index (χ4v) is 3.41. The summed E-state index contributed by atoms with van der Waals surface area (Å²) in [4.78, 5) is 28.2. The van der Waals surface area contributed by atoms with Gasteiger partial charge in [0.1, 0.15) is 6.07 Å². The molecule has 0 saturated carbocycles. The Morgan fingerprint density at radius 2 is 1.36 bits per heavy atom. The minimum Gasteiger partial charge on any atom is -0.290 e. The average molecular weight is 364 g/mol. The van der Waals surface area contributed by atoms with Crippen molar-refractivity contribution in [3.8, 4) is 6.07 Å². The van der Waals surface area contributed by atoms with Gasteiger partial charge in [0.25, 0.3) is 5.91 Å². The molecule has 1 unspecified atom stereocenters. The van der Waals surface area contributed by atoms with Crippen molar-refractivity contribution in [2.45, 2.75) is 5.54 Å². The van der Waals surface area contributed by atoms with E-state index in [1.54, 1.807) is 72.8 Å². The minimum atomic E-state index is -1.76. The van der Waals surface area contributed by atoms with E-state index < -0.39 is 17.2 Å². The van der Waals surface area contributed by atoms with Crippen LogP contribution in [0.3, 0.4) is 0 Å². The van der Waals surface area contributed by atoms with Crippen molar-refractivity contribution in [2.75, 3.05) is 4.90 Å². The van der Waals surface area contributed by atoms with Gasteiger partial charge < -0.3 is 0 Å². The van der Waals surface area contributed by atoms with Crippen molar-refractivity contribution in [3.63, 3.8) is 0 Å². The SMILES string of the molecule is N#CC1(C(=O)c2ccccc2)C=Cc2ccccc2N1C(=O)c1ccccc1. The third-order valence-corrected chi connectivity index (χ3v) is 4.81. The number of Topliss-reactive ketones (excluding diaryl/α,β-unsaturated/α-hetero) is 1. The van der Waals surface area contributed by atoms with Crippen LogP contribution in [0.25, 0.3) is 6.08 Å². The molecule has 0 spiro atoms. The molecule has 4 heteroatoms. The lowest BCUT2D eigenvalue weighted by Crippen LogP contribution is -2.56. The van der Waals surface area contributed by atoms with Crippen LogP contribution in [0.5, 0.6) is 0 Å². The number of benzene rings is 3. The zero-order valence-electron chi connectivity index (χ0n) is 14.9. The monoisotopic (exact) mass is 364 g/mol. The number of fused-ring (bicyclic) bond motifs is 1. The molecule has 1 aliphatic rings. The molecule has 4 rings (SSSR count). The van der Waals surface area contributed by atoms with Gasteiger partial charge in [-0.05, 0) is 29.8 Å². The number of rotatable bonds is 3. The molecule has 0 fully saturated rings. The highest BCUT2D eigenvalue weighted by atomic mass is 16.2. The number of amides is 1. The van der Waals surface area contributed by atoms with Crippen molar-refractivity contribution in [1.82, 2.24) is 0 Å². The van der Waals surface area contributed by atoms with E-state index in [4.69, 9.17) is 0 Å². The maximum absolute atomic E-state index is 13.5. The Morgan fingerprint density at radius 3 is 2.00 bits per heavy atom. The van der Waals surface area contributed by atoms with Crippen LogP contribution in [0, 0.1) is 11.3 Å². The quantitative estimate of drug-likeness (QED) is 0.643. The summed E-state index contributed by atoms with van der Waals surface area (Å²) in [5, 5.41) is 10.1. The van der Waals surface area contributed by atoms with E-state index in [1.807, 2.05) is 18.2 Å². The molecule has 28 heavy (non-hydrogen) atoms. The number of ketones is 1. The van der Waals surface area contributed by atoms with E-state index in [0.29, 0.717) is 16.8 Å². The lowest BCUT2D eigenvalue weighted by Gasteiger charge is -2.39. The number of nitriles is 1. The highest BCUT2D eigenvalue weighted by Gasteiger charge is 2.48. The zero-order chi connectivity index (χ0) is 19.6. The summed E-state index contributed by atoms with van der Waals surface area (Å²) in [6.45, 7) is 0. The third-order valence-electron chi connectivity index (χ3n) is 4.81. The molecular weight excluding hydrogens is 348 g/mol. The fraction of sp³-hybridized carbons (Fsp3) is 0.0417. The van der Waals surface area contributed by atoms with Crippen LogP contribution in [0.2, 0.25) is 0 Å². The molecule has 0 N–H and O–H groups in total. The van der Waals surface area contributed by atoms with E-state index in [0.717, 1.165) is 5.56 Å². The molecule has 1 heterocycles. The first kappa shape index (κ1) is 17.4. The highest BCUT2D eigenvalue weighted by Crippen LogP contribution is 2.37. The Hall–Kier alpha value is -3.97. The van der Waals surface area contributed by atoms with Gasteiger partial charge in [-0.15, -0.1) is 0 Å². The maximum atomic E-state index is 13.5. The second-order valence-electron chi connectivity index (χ2n) is 6.47. The highest BCUT2D eigenvalue weighted by molar-refractivity contribution is 6.20. The van der Waals surface area contributed by atoms with Crippen LogP contribution in [-0.4, -0.2) is 17.2 Å². The van der Waals surface area contributed by atoms with Crippen LogP contribution in [0.1, 0.15) is 26.3 Å². The van der Waals surface area contributed by atoms with Crippen molar-refractivity contribution < 1.29 is 9.59 Å². The molecule has 1 amide bonds. The lowest BCUT2D eigenvalue weighted by atomic mass is 9.83. The van der Waals surface area contributed by atoms with Gasteiger partial charge in [-0.25, -0.2) is 0 Å². The van der Waals surface area contributed by atoms with E-state index in [-0.39, 0.29) is 0 Å². The summed E-state index contributed by atoms with van der Waals surface area (Å²) in [6.07, 6.45) is 3.25. The van der Waals surface area contributed by atoms with Gasteiger partial charge in [-0.1, -0.05) is 72.8 Å². The third kappa shape index (κ3) is 2.70. The Morgan fingerprint density at radius 1 is 0.786 bits per heavy atom. The molecule has 1 atom stereocenters. The summed E-state index contributed by atoms with van der Waals surface area (Å²) in [7, 11) is 0. The molecule has 0 radical (unpaired) electrons. The first-order valence-electron chi connectivity index (χ1n) is 8.86. The maximum Gasteiger partial charge on any atom is 0.260 e.